The molecule has 0 aliphatic rings. The van der Waals surface area contributed by atoms with E-state index < -0.39 is 24.2 Å². The van der Waals surface area contributed by atoms with Gasteiger partial charge in [-0.3, -0.25) is 0 Å². The third kappa shape index (κ3) is 5.03. The lowest BCUT2D eigenvalue weighted by Crippen LogP contribution is -2.59. The van der Waals surface area contributed by atoms with Crippen LogP contribution in [0.1, 0.15) is 13.8 Å². The number of hydrogen-bond acceptors (Lipinski definition) is 1. The van der Waals surface area contributed by atoms with E-state index in [1.165, 1.54) is 0 Å². The number of hydrogen-bond donors (Lipinski definition) is 0. The van der Waals surface area contributed by atoms with Crippen molar-refractivity contribution in [2.45, 2.75) is 38.0 Å². The fourth-order valence-electron chi connectivity index (χ4n) is 0.560. The second-order valence-corrected chi connectivity index (χ2v) is 2.93. The minimum atomic E-state index is -7.14. The Morgan fingerprint density at radius 3 is 0.842 bits per heavy atom. The van der Waals surface area contributed by atoms with E-state index in [1.54, 1.807) is 0 Å². The van der Waals surface area contributed by atoms with Gasteiger partial charge in [0, 0.05) is 13.2 Å². The molecule has 0 rings (SSSR count). The van der Waals surface area contributed by atoms with Gasteiger partial charge in [0.05, 0.1) is 0 Å². The molecule has 0 unspecified atom stereocenters. The van der Waals surface area contributed by atoms with E-state index in [4.69, 9.17) is 4.74 Å². The first-order chi connectivity index (χ1) is 8.16. The highest BCUT2D eigenvalue weighted by molar-refractivity contribution is 4.95. The fourth-order valence-corrected chi connectivity index (χ4v) is 0.560. The number of rotatable bonds is 3. The zero-order chi connectivity index (χ0) is 16.1. The van der Waals surface area contributed by atoms with Crippen molar-refractivity contribution < 1.29 is 48.6 Å². The van der Waals surface area contributed by atoms with Crippen molar-refractivity contribution in [2.75, 3.05) is 13.2 Å². The van der Waals surface area contributed by atoms with Gasteiger partial charge in [-0.25, -0.2) is 0 Å². The lowest BCUT2D eigenvalue weighted by Gasteiger charge is -2.29. The van der Waals surface area contributed by atoms with Crippen LogP contribution in [0, 0.1) is 0 Å². The molecule has 19 heavy (non-hydrogen) atoms. The van der Waals surface area contributed by atoms with Crippen LogP contribution in [-0.2, 0) is 4.74 Å². The Morgan fingerprint density at radius 1 is 0.579 bits per heavy atom. The van der Waals surface area contributed by atoms with Gasteiger partial charge in [0.1, 0.15) is 0 Å². The summed E-state index contributed by atoms with van der Waals surface area (Å²) in [7, 11) is 0. The van der Waals surface area contributed by atoms with Crippen molar-refractivity contribution in [1.29, 1.82) is 0 Å². The molecule has 1 nitrogen and oxygen atoms in total. The maximum atomic E-state index is 11.6. The molecule has 0 aromatic heterocycles. The summed E-state index contributed by atoms with van der Waals surface area (Å²) in [5.41, 5.74) is 0. The Hall–Kier alpha value is -0.740. The molecule has 0 atom stereocenters. The molecule has 0 radical (unpaired) electrons. The quantitative estimate of drug-likeness (QED) is 0.701. The second kappa shape index (κ2) is 6.62. The smallest absolute Gasteiger partial charge is 0.382 e. The van der Waals surface area contributed by atoms with Crippen LogP contribution >= 0.6 is 0 Å². The summed E-state index contributed by atoms with van der Waals surface area (Å²) in [6.07, 6.45) is -13.9. The van der Waals surface area contributed by atoms with Crippen molar-refractivity contribution in [3.05, 3.63) is 0 Å². The highest BCUT2D eigenvalue weighted by Gasteiger charge is 2.82. The topological polar surface area (TPSA) is 9.23 Å². The molecule has 118 valence electrons. The van der Waals surface area contributed by atoms with E-state index >= 15 is 0 Å². The molecule has 0 aliphatic heterocycles. The van der Waals surface area contributed by atoms with Gasteiger partial charge >= 0.3 is 24.2 Å². The van der Waals surface area contributed by atoms with Crippen molar-refractivity contribution in [3.63, 3.8) is 0 Å². The molecule has 0 fully saturated rings. The standard InChI is InChI=1S/C4F10.C4H10O/c5-1(6,3(9,10)11)2(7,8)4(12,13)14;1-3-5-4-2/h;3-4H2,1-2H3. The minimum Gasteiger partial charge on any atom is -0.382 e. The molecule has 0 aromatic carbocycles. The van der Waals surface area contributed by atoms with E-state index in [9.17, 15) is 43.9 Å². The lowest BCUT2D eigenvalue weighted by atomic mass is 10.1. The second-order valence-electron chi connectivity index (χ2n) is 2.93. The number of alkyl halides is 10. The van der Waals surface area contributed by atoms with Crippen LogP contribution in [0.15, 0.2) is 0 Å². The van der Waals surface area contributed by atoms with Gasteiger partial charge < -0.3 is 4.74 Å². The molecule has 0 aliphatic carbocycles. The average Bonchev–Trinajstić information content (AvgIpc) is 2.16. The van der Waals surface area contributed by atoms with Gasteiger partial charge in [0.2, 0.25) is 0 Å². The molecule has 0 saturated carbocycles. The van der Waals surface area contributed by atoms with Crippen molar-refractivity contribution in [3.8, 4) is 0 Å². The predicted octanol–water partition coefficient (Wildman–Crippen LogP) is 4.42. The van der Waals surface area contributed by atoms with Gasteiger partial charge in [0.25, 0.3) is 0 Å². The third-order valence-electron chi connectivity index (χ3n) is 1.51. The highest BCUT2D eigenvalue weighted by Crippen LogP contribution is 2.53. The van der Waals surface area contributed by atoms with Crippen LogP contribution in [0.2, 0.25) is 0 Å². The van der Waals surface area contributed by atoms with Crippen LogP contribution in [0.3, 0.4) is 0 Å². The Labute approximate surface area is 101 Å². The van der Waals surface area contributed by atoms with Crippen molar-refractivity contribution in [2.24, 2.45) is 0 Å². The maximum Gasteiger partial charge on any atom is 0.460 e. The van der Waals surface area contributed by atoms with Crippen LogP contribution in [0.5, 0.6) is 0 Å². The summed E-state index contributed by atoms with van der Waals surface area (Å²) in [6, 6.07) is 0. The van der Waals surface area contributed by atoms with Crippen LogP contribution < -0.4 is 0 Å². The third-order valence-corrected chi connectivity index (χ3v) is 1.51. The van der Waals surface area contributed by atoms with Crippen LogP contribution in [-0.4, -0.2) is 37.4 Å². The fraction of sp³-hybridized carbons (Fsp3) is 1.00. The van der Waals surface area contributed by atoms with E-state index in [2.05, 4.69) is 0 Å². The monoisotopic (exact) mass is 312 g/mol. The molecule has 0 saturated heterocycles. The molecule has 11 heteroatoms. The number of ether oxygens (including phenoxy) is 1. The van der Waals surface area contributed by atoms with Crippen molar-refractivity contribution in [1.82, 2.24) is 0 Å². The largest absolute Gasteiger partial charge is 0.460 e. The molecule has 0 amide bonds. The first-order valence-corrected chi connectivity index (χ1v) is 4.63. The summed E-state index contributed by atoms with van der Waals surface area (Å²) in [5.74, 6) is -14.3. The van der Waals surface area contributed by atoms with E-state index in [-0.39, 0.29) is 0 Å². The van der Waals surface area contributed by atoms with Gasteiger partial charge in [-0.15, -0.1) is 0 Å². The van der Waals surface area contributed by atoms with Gasteiger partial charge in [0.15, 0.2) is 0 Å². The predicted molar refractivity (Wildman–Crippen MR) is 44.2 cm³/mol. The molecule has 0 aromatic rings. The summed E-state index contributed by atoms with van der Waals surface area (Å²) >= 11 is 0. The Balaban J connectivity index is 0. The molecule has 0 N–H and O–H groups in total. The Morgan fingerprint density at radius 2 is 0.789 bits per heavy atom. The zero-order valence-corrected chi connectivity index (χ0v) is 9.60. The summed E-state index contributed by atoms with van der Waals surface area (Å²) in [5, 5.41) is 0. The molecule has 0 heterocycles. The zero-order valence-electron chi connectivity index (χ0n) is 9.60. The normalized spacial score (nSPS) is 13.9. The molecule has 0 spiro atoms. The van der Waals surface area contributed by atoms with Gasteiger partial charge in [-0.1, -0.05) is 0 Å². The first-order valence-electron chi connectivity index (χ1n) is 4.63. The van der Waals surface area contributed by atoms with Gasteiger partial charge in [-0.05, 0) is 13.8 Å². The minimum absolute atomic E-state index is 0.844. The van der Waals surface area contributed by atoms with E-state index in [1.807, 2.05) is 13.8 Å². The summed E-state index contributed by atoms with van der Waals surface area (Å²) in [6.45, 7) is 5.67. The van der Waals surface area contributed by atoms with Crippen molar-refractivity contribution >= 4 is 0 Å². The van der Waals surface area contributed by atoms with E-state index in [0.29, 0.717) is 0 Å². The lowest BCUT2D eigenvalue weighted by molar-refractivity contribution is -0.419. The Bertz CT molecular complexity index is 227. The van der Waals surface area contributed by atoms with Crippen LogP contribution in [0.25, 0.3) is 0 Å². The van der Waals surface area contributed by atoms with Gasteiger partial charge in [-0.2, -0.15) is 43.9 Å². The van der Waals surface area contributed by atoms with E-state index in [0.717, 1.165) is 13.2 Å². The van der Waals surface area contributed by atoms with Crippen LogP contribution in [0.4, 0.5) is 43.9 Å². The summed E-state index contributed by atoms with van der Waals surface area (Å²) < 4.78 is 118. The highest BCUT2D eigenvalue weighted by atomic mass is 19.4. The first kappa shape index (κ1) is 20.6. The maximum absolute atomic E-state index is 11.6. The Kier molecular flexibility index (Phi) is 7.17. The molecule has 0 bridgehead atoms. The molecular weight excluding hydrogens is 302 g/mol. The molecular formula is C8H10F10O. The SMILES string of the molecule is CCOCC.FC(F)(F)C(F)(F)C(F)(F)C(F)(F)F. The summed E-state index contributed by atoms with van der Waals surface area (Å²) in [4.78, 5) is 0. The average molecular weight is 312 g/mol. The number of halogens is 10.